The van der Waals surface area contributed by atoms with Gasteiger partial charge in [0.15, 0.2) is 0 Å². The summed E-state index contributed by atoms with van der Waals surface area (Å²) in [4.78, 5) is 69.8. The first kappa shape index (κ1) is 44.6. The van der Waals surface area contributed by atoms with Crippen molar-refractivity contribution in [3.63, 3.8) is 0 Å². The predicted octanol–water partition coefficient (Wildman–Crippen LogP) is -18.2. The van der Waals surface area contributed by atoms with E-state index in [4.69, 9.17) is 34.6 Å². The molecule has 0 aliphatic rings. The zero-order valence-corrected chi connectivity index (χ0v) is 25.5. The average molecular weight is 478 g/mol. The van der Waals surface area contributed by atoms with Crippen molar-refractivity contribution in [3.05, 3.63) is 0 Å². The summed E-state index contributed by atoms with van der Waals surface area (Å²) in [5, 5.41) is 36.3. The van der Waals surface area contributed by atoms with E-state index >= 15 is 0 Å². The largest absolute Gasteiger partial charge is 1.00 e. The van der Waals surface area contributed by atoms with Crippen LogP contribution in [0.2, 0.25) is 0 Å². The van der Waals surface area contributed by atoms with Crippen LogP contribution in [0.3, 0.4) is 0 Å². The van der Waals surface area contributed by atoms with Gasteiger partial charge in [-0.3, -0.25) is 24.2 Å². The van der Waals surface area contributed by atoms with Crippen molar-refractivity contribution in [1.29, 1.82) is 0 Å². The summed E-state index contributed by atoms with van der Waals surface area (Å²) >= 11 is 0. The summed E-state index contributed by atoms with van der Waals surface area (Å²) in [6.07, 6.45) is 0. The second-order valence-corrected chi connectivity index (χ2v) is 5.32. The van der Waals surface area contributed by atoms with Crippen LogP contribution in [0.15, 0.2) is 0 Å². The molecule has 0 aromatic heterocycles. The Morgan fingerprint density at radius 2 is 0.862 bits per heavy atom. The molecule has 0 amide bonds. The number of carbonyl (C=O) groups excluding carboxylic acids is 1. The van der Waals surface area contributed by atoms with E-state index in [1.54, 1.807) is 0 Å². The minimum atomic E-state index is -5.39. The molecule has 0 aliphatic heterocycles. The van der Waals surface area contributed by atoms with Gasteiger partial charge in [-0.15, -0.1) is 0 Å². The maximum absolute atomic E-state index is 10.5. The summed E-state index contributed by atoms with van der Waals surface area (Å²) in [6.45, 7) is -2.50. The van der Waals surface area contributed by atoms with Gasteiger partial charge < -0.3 is 44.5 Å². The molecule has 3 N–H and O–H groups in total. The van der Waals surface area contributed by atoms with Gasteiger partial charge in [0.05, 0.1) is 25.6 Å². The smallest absolute Gasteiger partial charge is 0.822 e. The molecule has 0 unspecified atom stereocenters. The first-order valence-electron chi connectivity index (χ1n) is 6.23. The normalized spacial score (nSPS) is 9.41. The summed E-state index contributed by atoms with van der Waals surface area (Å²) in [5.74, 6) is -5.21. The van der Waals surface area contributed by atoms with Gasteiger partial charge in [0.25, 0.3) is 0 Å². The molecule has 0 bridgehead atoms. The molecule has 0 heterocycles. The molecule has 0 fully saturated rings. The third-order valence-electron chi connectivity index (χ3n) is 2.16. The molecule has 146 valence electrons. The van der Waals surface area contributed by atoms with Crippen LogP contribution in [0, 0.1) is 0 Å². The number of rotatable bonds is 11. The molecule has 0 aromatic carbocycles. The summed E-state index contributed by atoms with van der Waals surface area (Å²) < 4.78 is 8.55. The van der Waals surface area contributed by atoms with Crippen LogP contribution in [0.4, 0.5) is 0 Å². The Morgan fingerprint density at radius 3 is 1.03 bits per heavy atom. The van der Waals surface area contributed by atoms with Crippen molar-refractivity contribution in [2.24, 2.45) is 0 Å². The number of hydrogen-bond acceptors (Lipinski definition) is 11. The van der Waals surface area contributed by atoms with Crippen molar-refractivity contribution in [2.45, 2.75) is 0 Å². The number of nitrogens with zero attached hydrogens (tertiary/aromatic N) is 2. The Morgan fingerprint density at radius 1 is 0.655 bits per heavy atom. The molecule has 0 saturated carbocycles. The second-order valence-electron chi connectivity index (χ2n) is 4.42. The van der Waals surface area contributed by atoms with Crippen LogP contribution < -0.4 is 138 Å². The number of hydrogen-bond donors (Lipinski definition) is 3. The van der Waals surface area contributed by atoms with E-state index in [1.165, 1.54) is 0 Å². The van der Waals surface area contributed by atoms with Crippen LogP contribution in [0.5, 0.6) is 0 Å². The first-order chi connectivity index (χ1) is 11.2. The Labute approximate surface area is 254 Å². The monoisotopic (exact) mass is 478 g/mol. The number of carboxylic acid groups (broad SMARTS) is 4. The second kappa shape index (κ2) is 24.6. The van der Waals surface area contributed by atoms with Crippen molar-refractivity contribution in [1.82, 2.24) is 9.80 Å². The van der Waals surface area contributed by atoms with Crippen LogP contribution in [-0.4, -0.2) is 88.3 Å². The van der Waals surface area contributed by atoms with Crippen molar-refractivity contribution in [2.75, 3.05) is 39.3 Å². The molecule has 14 nitrogen and oxygen atoms in total. The van der Waals surface area contributed by atoms with Gasteiger partial charge >= 0.3 is 136 Å². The summed E-state index contributed by atoms with van der Waals surface area (Å²) in [7, 11) is -5.39. The number of phosphoric acid groups is 1. The zero-order valence-electron chi connectivity index (χ0n) is 16.6. The first-order valence-corrected chi connectivity index (χ1v) is 7.69. The van der Waals surface area contributed by atoms with E-state index in [9.17, 15) is 24.3 Å². The SMILES string of the molecule is O=C([O-])CN(CCN(CC(=O)O)CC(=O)O)CC(=O)O.O=P([O-])([O-])[O-].[Na+].[Na+].[Na+].[Na+]. The number of aliphatic carboxylic acids is 4. The van der Waals surface area contributed by atoms with Gasteiger partial charge in [-0.2, -0.15) is 7.82 Å². The molecule has 0 rings (SSSR count). The van der Waals surface area contributed by atoms with Crippen LogP contribution in [-0.2, 0) is 23.7 Å². The van der Waals surface area contributed by atoms with Gasteiger partial charge in [0, 0.05) is 19.6 Å². The minimum absolute atomic E-state index is 0. The van der Waals surface area contributed by atoms with Gasteiger partial charge in [0.1, 0.15) is 0 Å². The minimum Gasteiger partial charge on any atom is -0.822 e. The van der Waals surface area contributed by atoms with E-state index < -0.39 is 57.9 Å². The van der Waals surface area contributed by atoms with Gasteiger partial charge in [-0.05, 0) is 0 Å². The Balaban J connectivity index is -0.000000131. The standard InChI is InChI=1S/C10H16N2O8.4Na.H3O4P/c13-7(14)3-11(4-8(15)16)1-2-12(5-9(17)18)6-10(19)20;;;;;1-5(2,3)4/h1-6H2,(H,13,14)(H,15,16)(H,17,18)(H,19,20);;;;;(H3,1,2,3,4)/q;4*+1;/p-4. The number of carbonyl (C=O) groups is 4. The molecular formula is C10H15N2Na4O12P. The maximum atomic E-state index is 10.5. The zero-order chi connectivity index (χ0) is 20.2. The van der Waals surface area contributed by atoms with E-state index in [0.717, 1.165) is 9.80 Å². The molecule has 0 aromatic rings. The molecule has 0 atom stereocenters. The van der Waals surface area contributed by atoms with Crippen LogP contribution in [0.25, 0.3) is 0 Å². The summed E-state index contributed by atoms with van der Waals surface area (Å²) in [6, 6.07) is 0. The molecule has 0 aliphatic carbocycles. The van der Waals surface area contributed by atoms with Gasteiger partial charge in [-0.25, -0.2) is 0 Å². The average Bonchev–Trinajstić information content (AvgIpc) is 2.30. The van der Waals surface area contributed by atoms with Gasteiger partial charge in [-0.1, -0.05) is 0 Å². The fourth-order valence-corrected chi connectivity index (χ4v) is 1.47. The van der Waals surface area contributed by atoms with E-state index in [0.29, 0.717) is 0 Å². The molecule has 0 saturated heterocycles. The van der Waals surface area contributed by atoms with Crippen molar-refractivity contribution < 1.29 is 177 Å². The maximum Gasteiger partial charge on any atom is 1.00 e. The van der Waals surface area contributed by atoms with E-state index in [1.807, 2.05) is 0 Å². The quantitative estimate of drug-likeness (QED) is 0.184. The van der Waals surface area contributed by atoms with Gasteiger partial charge in [0.2, 0.25) is 0 Å². The Hall–Kier alpha value is 1.91. The predicted molar refractivity (Wildman–Crippen MR) is 68.4 cm³/mol. The fraction of sp³-hybridized carbons (Fsp3) is 0.600. The molecule has 0 spiro atoms. The van der Waals surface area contributed by atoms with Crippen molar-refractivity contribution in [3.8, 4) is 0 Å². The Bertz CT molecular complexity index is 459. The molecule has 19 heteroatoms. The van der Waals surface area contributed by atoms with Crippen molar-refractivity contribution >= 4 is 31.7 Å². The van der Waals surface area contributed by atoms with Crippen LogP contribution >= 0.6 is 7.82 Å². The number of carboxylic acids is 4. The molecule has 29 heavy (non-hydrogen) atoms. The third kappa shape index (κ3) is 44.4. The Kier molecular flexibility index (Phi) is 37.7. The third-order valence-corrected chi connectivity index (χ3v) is 2.16. The fourth-order valence-electron chi connectivity index (χ4n) is 1.47. The molecular weight excluding hydrogens is 463 g/mol. The van der Waals surface area contributed by atoms with Crippen LogP contribution in [0.1, 0.15) is 0 Å². The van der Waals surface area contributed by atoms with E-state index in [-0.39, 0.29) is 131 Å². The van der Waals surface area contributed by atoms with E-state index in [2.05, 4.69) is 0 Å². The molecule has 0 radical (unpaired) electrons. The summed E-state index contributed by atoms with van der Waals surface area (Å²) in [5.41, 5.74) is 0. The topological polar surface area (TPSA) is 245 Å².